The van der Waals surface area contributed by atoms with Crippen LogP contribution in [0, 0.1) is 31.6 Å². The van der Waals surface area contributed by atoms with Crippen LogP contribution >= 0.6 is 0 Å². The molecule has 2 fully saturated rings. The van der Waals surface area contributed by atoms with Gasteiger partial charge < -0.3 is 14.5 Å². The fraction of sp³-hybridized carbons (Fsp3) is 0.625. The van der Waals surface area contributed by atoms with E-state index >= 15 is 0 Å². The van der Waals surface area contributed by atoms with E-state index in [0.29, 0.717) is 23.2 Å². The van der Waals surface area contributed by atoms with Crippen LogP contribution in [0.25, 0.3) is 0 Å². The third-order valence-electron chi connectivity index (χ3n) is 4.97. The zero-order valence-electron chi connectivity index (χ0n) is 12.6. The number of methoxy groups -OCH3 is 1. The van der Waals surface area contributed by atoms with Crippen LogP contribution in [0.5, 0.6) is 0 Å². The summed E-state index contributed by atoms with van der Waals surface area (Å²) in [5.41, 5.74) is 0.555. The van der Waals surface area contributed by atoms with Gasteiger partial charge in [0.2, 0.25) is 0 Å². The standard InChI is InChI=1S/C16H21NO4/c1-8-6-12(9(2)21-8)15(18)17-14-11-5-4-10(7-11)13(14)16(19)20-3/h6,10-11,13-14H,4-5,7H2,1-3H3,(H,17,18)/t10-,11-,13-,14-/m0/s1. The number of furan rings is 1. The molecule has 0 saturated heterocycles. The van der Waals surface area contributed by atoms with E-state index < -0.39 is 0 Å². The Morgan fingerprint density at radius 1 is 1.29 bits per heavy atom. The van der Waals surface area contributed by atoms with Gasteiger partial charge in [-0.2, -0.15) is 0 Å². The lowest BCUT2D eigenvalue weighted by atomic mass is 9.84. The molecule has 21 heavy (non-hydrogen) atoms. The number of ether oxygens (including phenoxy) is 1. The summed E-state index contributed by atoms with van der Waals surface area (Å²) in [6, 6.07) is 1.63. The second kappa shape index (κ2) is 5.20. The highest BCUT2D eigenvalue weighted by Crippen LogP contribution is 2.49. The third-order valence-corrected chi connectivity index (χ3v) is 4.97. The first-order valence-corrected chi connectivity index (χ1v) is 7.47. The van der Waals surface area contributed by atoms with Crippen LogP contribution in [-0.4, -0.2) is 25.0 Å². The summed E-state index contributed by atoms with van der Waals surface area (Å²) >= 11 is 0. The van der Waals surface area contributed by atoms with Crippen LogP contribution < -0.4 is 5.32 Å². The lowest BCUT2D eigenvalue weighted by Gasteiger charge is -2.29. The Morgan fingerprint density at radius 2 is 2.00 bits per heavy atom. The van der Waals surface area contributed by atoms with Crippen molar-refractivity contribution in [2.45, 2.75) is 39.2 Å². The lowest BCUT2D eigenvalue weighted by molar-refractivity contribution is -0.148. The number of rotatable bonds is 3. The third kappa shape index (κ3) is 2.34. The monoisotopic (exact) mass is 291 g/mol. The lowest BCUT2D eigenvalue weighted by Crippen LogP contribution is -2.47. The molecule has 3 rings (SSSR count). The zero-order chi connectivity index (χ0) is 15.1. The molecule has 2 saturated carbocycles. The maximum absolute atomic E-state index is 12.4. The molecule has 2 aliphatic rings. The highest BCUT2D eigenvalue weighted by atomic mass is 16.5. The first kappa shape index (κ1) is 14.2. The van der Waals surface area contributed by atoms with E-state index in [2.05, 4.69) is 5.32 Å². The molecule has 0 aliphatic heterocycles. The number of aryl methyl sites for hydroxylation is 2. The molecular formula is C16H21NO4. The van der Waals surface area contributed by atoms with E-state index in [1.165, 1.54) is 7.11 Å². The molecule has 5 heteroatoms. The number of fused-ring (bicyclic) bond motifs is 2. The van der Waals surface area contributed by atoms with Gasteiger partial charge in [-0.3, -0.25) is 9.59 Å². The quantitative estimate of drug-likeness (QED) is 0.867. The Hall–Kier alpha value is -1.78. The first-order valence-electron chi connectivity index (χ1n) is 7.47. The molecule has 2 bridgehead atoms. The maximum Gasteiger partial charge on any atom is 0.311 e. The van der Waals surface area contributed by atoms with Gasteiger partial charge in [-0.1, -0.05) is 0 Å². The summed E-state index contributed by atoms with van der Waals surface area (Å²) in [6.07, 6.45) is 3.14. The number of esters is 1. The molecule has 1 amide bonds. The van der Waals surface area contributed by atoms with Crippen LogP contribution in [0.15, 0.2) is 10.5 Å². The van der Waals surface area contributed by atoms with Gasteiger partial charge in [0.05, 0.1) is 18.6 Å². The molecule has 5 nitrogen and oxygen atoms in total. The van der Waals surface area contributed by atoms with Gasteiger partial charge in [-0.25, -0.2) is 0 Å². The summed E-state index contributed by atoms with van der Waals surface area (Å²) in [7, 11) is 1.41. The summed E-state index contributed by atoms with van der Waals surface area (Å²) in [5, 5.41) is 3.05. The molecule has 0 aromatic carbocycles. The molecule has 114 valence electrons. The molecule has 1 aromatic rings. The molecule has 4 atom stereocenters. The van der Waals surface area contributed by atoms with Crippen molar-refractivity contribution in [3.63, 3.8) is 0 Å². The van der Waals surface area contributed by atoms with Crippen molar-refractivity contribution in [2.24, 2.45) is 17.8 Å². The SMILES string of the molecule is COC(=O)[C@H]1[C@H]2CC[C@@H](C2)[C@@H]1NC(=O)c1cc(C)oc1C. The van der Waals surface area contributed by atoms with Crippen molar-refractivity contribution < 1.29 is 18.7 Å². The molecular weight excluding hydrogens is 270 g/mol. The second-order valence-electron chi connectivity index (χ2n) is 6.21. The van der Waals surface area contributed by atoms with Crippen LogP contribution in [0.2, 0.25) is 0 Å². The predicted molar refractivity (Wildman–Crippen MR) is 75.8 cm³/mol. The van der Waals surface area contributed by atoms with Crippen LogP contribution in [0.1, 0.15) is 41.1 Å². The molecule has 2 aliphatic carbocycles. The topological polar surface area (TPSA) is 68.5 Å². The summed E-state index contributed by atoms with van der Waals surface area (Å²) in [5.74, 6) is 1.50. The highest BCUT2D eigenvalue weighted by molar-refractivity contribution is 5.95. The van der Waals surface area contributed by atoms with Gasteiger partial charge in [-0.05, 0) is 51.0 Å². The van der Waals surface area contributed by atoms with E-state index in [1.54, 1.807) is 13.0 Å². The summed E-state index contributed by atoms with van der Waals surface area (Å²) in [4.78, 5) is 24.5. The zero-order valence-corrected chi connectivity index (χ0v) is 12.6. The number of hydrogen-bond acceptors (Lipinski definition) is 4. The molecule has 0 unspecified atom stereocenters. The van der Waals surface area contributed by atoms with E-state index in [4.69, 9.17) is 9.15 Å². The smallest absolute Gasteiger partial charge is 0.311 e. The molecule has 0 radical (unpaired) electrons. The van der Waals surface area contributed by atoms with Crippen molar-refractivity contribution in [3.8, 4) is 0 Å². The number of amides is 1. The van der Waals surface area contributed by atoms with Gasteiger partial charge in [0.15, 0.2) is 0 Å². The summed E-state index contributed by atoms with van der Waals surface area (Å²) < 4.78 is 10.3. The Labute approximate surface area is 124 Å². The predicted octanol–water partition coefficient (Wildman–Crippen LogP) is 2.21. The molecule has 0 spiro atoms. The molecule has 1 N–H and O–H groups in total. The van der Waals surface area contributed by atoms with Gasteiger partial charge >= 0.3 is 5.97 Å². The molecule has 1 aromatic heterocycles. The molecule has 1 heterocycles. The minimum absolute atomic E-state index is 0.113. The van der Waals surface area contributed by atoms with Crippen molar-refractivity contribution in [1.82, 2.24) is 5.32 Å². The van der Waals surface area contributed by atoms with Gasteiger partial charge in [0, 0.05) is 6.04 Å². The van der Waals surface area contributed by atoms with Crippen molar-refractivity contribution in [3.05, 3.63) is 23.2 Å². The van der Waals surface area contributed by atoms with E-state index in [-0.39, 0.29) is 23.8 Å². The average Bonchev–Trinajstić information content (AvgIpc) is 3.12. The van der Waals surface area contributed by atoms with Crippen molar-refractivity contribution in [2.75, 3.05) is 7.11 Å². The Morgan fingerprint density at radius 3 is 2.62 bits per heavy atom. The number of hydrogen-bond donors (Lipinski definition) is 1. The first-order chi connectivity index (χ1) is 10.0. The van der Waals surface area contributed by atoms with Gasteiger partial charge in [0.25, 0.3) is 5.91 Å². The van der Waals surface area contributed by atoms with Crippen LogP contribution in [0.4, 0.5) is 0 Å². The number of carbonyl (C=O) groups is 2. The number of nitrogens with one attached hydrogen (secondary N) is 1. The fourth-order valence-corrected chi connectivity index (χ4v) is 4.06. The van der Waals surface area contributed by atoms with Gasteiger partial charge in [-0.15, -0.1) is 0 Å². The van der Waals surface area contributed by atoms with Crippen molar-refractivity contribution in [1.29, 1.82) is 0 Å². The average molecular weight is 291 g/mol. The Bertz CT molecular complexity index is 577. The van der Waals surface area contributed by atoms with E-state index in [9.17, 15) is 9.59 Å². The maximum atomic E-state index is 12.4. The second-order valence-corrected chi connectivity index (χ2v) is 6.21. The number of carbonyl (C=O) groups excluding carboxylic acids is 2. The highest BCUT2D eigenvalue weighted by Gasteiger charge is 2.52. The van der Waals surface area contributed by atoms with E-state index in [0.717, 1.165) is 25.0 Å². The van der Waals surface area contributed by atoms with Crippen molar-refractivity contribution >= 4 is 11.9 Å². The summed E-state index contributed by atoms with van der Waals surface area (Å²) in [6.45, 7) is 3.60. The minimum atomic E-state index is -0.203. The van der Waals surface area contributed by atoms with Crippen LogP contribution in [0.3, 0.4) is 0 Å². The fourth-order valence-electron chi connectivity index (χ4n) is 4.06. The van der Waals surface area contributed by atoms with Gasteiger partial charge in [0.1, 0.15) is 11.5 Å². The normalized spacial score (nSPS) is 30.4. The Kier molecular flexibility index (Phi) is 3.51. The Balaban J connectivity index is 1.78. The van der Waals surface area contributed by atoms with Crippen LogP contribution in [-0.2, 0) is 9.53 Å². The largest absolute Gasteiger partial charge is 0.469 e. The minimum Gasteiger partial charge on any atom is -0.469 e. The van der Waals surface area contributed by atoms with E-state index in [1.807, 2.05) is 6.92 Å².